The van der Waals surface area contributed by atoms with Crippen LogP contribution in [0.15, 0.2) is 53.8 Å². The summed E-state index contributed by atoms with van der Waals surface area (Å²) in [7, 11) is 0. The topological polar surface area (TPSA) is 82.0 Å². The zero-order chi connectivity index (χ0) is 21.9. The first-order valence-corrected chi connectivity index (χ1v) is 12.1. The normalized spacial score (nSPS) is 18.9. The number of fused-ring (bicyclic) bond motifs is 1. The number of rotatable bonds is 14. The molecule has 0 bridgehead atoms. The number of allylic oxidation sites excluding steroid dienone is 1. The molecule has 5 nitrogen and oxygen atoms in total. The Morgan fingerprint density at radius 3 is 2.71 bits per heavy atom. The summed E-state index contributed by atoms with van der Waals surface area (Å²) in [6.07, 6.45) is 9.38. The van der Waals surface area contributed by atoms with Gasteiger partial charge in [0.15, 0.2) is 0 Å². The van der Waals surface area contributed by atoms with Gasteiger partial charge < -0.3 is 25.4 Å². The predicted molar refractivity (Wildman–Crippen MR) is 128 cm³/mol. The number of unbranched alkanes of at least 4 members (excludes halogenated alkanes) is 3. The van der Waals surface area contributed by atoms with E-state index in [1.165, 1.54) is 15.0 Å². The van der Waals surface area contributed by atoms with E-state index >= 15 is 0 Å². The van der Waals surface area contributed by atoms with Crippen LogP contribution in [-0.4, -0.2) is 54.8 Å². The van der Waals surface area contributed by atoms with Crippen molar-refractivity contribution >= 4 is 21.4 Å². The highest BCUT2D eigenvalue weighted by Crippen LogP contribution is 2.32. The average Bonchev–Trinajstić information content (AvgIpc) is 3.21. The average molecular weight is 446 g/mol. The summed E-state index contributed by atoms with van der Waals surface area (Å²) in [5.74, 6) is 0.123. The van der Waals surface area contributed by atoms with Crippen molar-refractivity contribution < 1.29 is 20.1 Å². The lowest BCUT2D eigenvalue weighted by Gasteiger charge is -2.32. The third kappa shape index (κ3) is 7.16. The number of aliphatic hydroxyl groups is 3. The molecular formula is C25H35NO4S. The van der Waals surface area contributed by atoms with Crippen LogP contribution in [0.2, 0.25) is 0 Å². The maximum Gasteiger partial charge on any atom is 0.116 e. The zero-order valence-corrected chi connectivity index (χ0v) is 19.0. The molecule has 2 aromatic rings. The van der Waals surface area contributed by atoms with Gasteiger partial charge in [0.2, 0.25) is 0 Å². The van der Waals surface area contributed by atoms with Crippen LogP contribution in [-0.2, 0) is 11.2 Å². The quantitative estimate of drug-likeness (QED) is 0.325. The molecule has 3 rings (SSSR count). The van der Waals surface area contributed by atoms with E-state index in [0.29, 0.717) is 18.5 Å². The molecule has 1 aliphatic carbocycles. The van der Waals surface area contributed by atoms with E-state index in [0.717, 1.165) is 51.9 Å². The first-order chi connectivity index (χ1) is 15.2. The highest BCUT2D eigenvalue weighted by Gasteiger charge is 2.31. The summed E-state index contributed by atoms with van der Waals surface area (Å²) in [6, 6.07) is 10.8. The summed E-state index contributed by atoms with van der Waals surface area (Å²) in [4.78, 5) is 1.39. The van der Waals surface area contributed by atoms with Crippen LogP contribution in [0.3, 0.4) is 0 Å². The van der Waals surface area contributed by atoms with Gasteiger partial charge in [-0.1, -0.05) is 37.1 Å². The molecule has 1 atom stereocenters. The highest BCUT2D eigenvalue weighted by molar-refractivity contribution is 7.19. The van der Waals surface area contributed by atoms with Crippen molar-refractivity contribution in [1.29, 1.82) is 0 Å². The molecule has 31 heavy (non-hydrogen) atoms. The van der Waals surface area contributed by atoms with E-state index in [4.69, 9.17) is 4.74 Å². The van der Waals surface area contributed by atoms with Gasteiger partial charge >= 0.3 is 0 Å². The smallest absolute Gasteiger partial charge is 0.116 e. The molecule has 6 heteroatoms. The van der Waals surface area contributed by atoms with Crippen LogP contribution in [0.5, 0.6) is 0 Å². The van der Waals surface area contributed by atoms with Gasteiger partial charge in [-0.3, -0.25) is 0 Å². The van der Waals surface area contributed by atoms with Crippen molar-refractivity contribution in [2.24, 2.45) is 5.41 Å². The van der Waals surface area contributed by atoms with Gasteiger partial charge in [-0.15, -0.1) is 11.3 Å². The van der Waals surface area contributed by atoms with Crippen LogP contribution in [0, 0.1) is 5.41 Å². The van der Waals surface area contributed by atoms with E-state index in [-0.39, 0.29) is 19.0 Å². The van der Waals surface area contributed by atoms with Gasteiger partial charge in [0.1, 0.15) is 5.76 Å². The Kier molecular flexibility index (Phi) is 9.55. The van der Waals surface area contributed by atoms with Crippen LogP contribution in [0.25, 0.3) is 10.1 Å². The molecule has 1 aromatic carbocycles. The molecule has 1 unspecified atom stereocenters. The lowest BCUT2D eigenvalue weighted by Crippen LogP contribution is -2.38. The fraction of sp³-hybridized carbons (Fsp3) is 0.520. The van der Waals surface area contributed by atoms with Gasteiger partial charge in [-0.05, 0) is 55.0 Å². The molecule has 0 aliphatic heterocycles. The lowest BCUT2D eigenvalue weighted by molar-refractivity contribution is 0.133. The second kappa shape index (κ2) is 12.4. The minimum Gasteiger partial charge on any atom is -0.508 e. The SMILES string of the molecule is OCC1=C(O)C=CC(CO)(CNCCCCCCOCCc2cc3ccccc3s2)C1. The van der Waals surface area contributed by atoms with Gasteiger partial charge in [0.25, 0.3) is 0 Å². The largest absolute Gasteiger partial charge is 0.508 e. The molecule has 170 valence electrons. The van der Waals surface area contributed by atoms with Gasteiger partial charge in [0.05, 0.1) is 19.8 Å². The molecule has 0 spiro atoms. The van der Waals surface area contributed by atoms with Crippen LogP contribution in [0.1, 0.15) is 37.0 Å². The molecule has 1 aromatic heterocycles. The van der Waals surface area contributed by atoms with Gasteiger partial charge in [0, 0.05) is 34.6 Å². The Balaban J connectivity index is 1.19. The van der Waals surface area contributed by atoms with Crippen LogP contribution in [0.4, 0.5) is 0 Å². The van der Waals surface area contributed by atoms with Crippen molar-refractivity contribution in [2.45, 2.75) is 38.5 Å². The van der Waals surface area contributed by atoms with Crippen LogP contribution >= 0.6 is 11.3 Å². The summed E-state index contributed by atoms with van der Waals surface area (Å²) in [5.41, 5.74) is 0.151. The van der Waals surface area contributed by atoms with Gasteiger partial charge in [-0.25, -0.2) is 0 Å². The third-order valence-corrected chi connectivity index (χ3v) is 7.04. The molecule has 0 saturated heterocycles. The van der Waals surface area contributed by atoms with E-state index in [9.17, 15) is 15.3 Å². The monoisotopic (exact) mass is 445 g/mol. The first-order valence-electron chi connectivity index (χ1n) is 11.2. The highest BCUT2D eigenvalue weighted by atomic mass is 32.1. The number of benzene rings is 1. The Bertz CT molecular complexity index is 842. The Morgan fingerprint density at radius 2 is 1.90 bits per heavy atom. The fourth-order valence-electron chi connectivity index (χ4n) is 3.95. The third-order valence-electron chi connectivity index (χ3n) is 5.87. The number of nitrogens with one attached hydrogen (secondary N) is 1. The Labute approximate surface area is 189 Å². The maximum atomic E-state index is 9.80. The number of hydrogen-bond acceptors (Lipinski definition) is 6. The summed E-state index contributed by atoms with van der Waals surface area (Å²) >= 11 is 1.86. The van der Waals surface area contributed by atoms with Crippen LogP contribution < -0.4 is 5.32 Å². The second-order valence-electron chi connectivity index (χ2n) is 8.38. The van der Waals surface area contributed by atoms with E-state index in [1.807, 2.05) is 17.4 Å². The number of thiophene rings is 1. The van der Waals surface area contributed by atoms with E-state index < -0.39 is 5.41 Å². The molecule has 0 saturated carbocycles. The summed E-state index contributed by atoms with van der Waals surface area (Å²) in [6.45, 7) is 2.95. The lowest BCUT2D eigenvalue weighted by atomic mass is 9.78. The van der Waals surface area contributed by atoms with Gasteiger partial charge in [-0.2, -0.15) is 0 Å². The van der Waals surface area contributed by atoms with Crippen molar-refractivity contribution in [3.05, 3.63) is 58.7 Å². The van der Waals surface area contributed by atoms with E-state index in [1.54, 1.807) is 6.08 Å². The minimum atomic E-state index is -0.438. The predicted octanol–water partition coefficient (Wildman–Crippen LogP) is 4.35. The molecule has 0 amide bonds. The standard InChI is InChI=1S/C25H35NO4S/c27-17-21-16-25(19-28,11-9-23(21)29)18-26-12-5-1-2-6-13-30-14-10-22-15-20-7-3-4-8-24(20)31-22/h3-4,7-9,11,15,26-29H,1-2,5-6,10,12-14,16-19H2. The number of hydrogen-bond donors (Lipinski definition) is 4. The second-order valence-corrected chi connectivity index (χ2v) is 9.55. The summed E-state index contributed by atoms with van der Waals surface area (Å²) in [5, 5.41) is 33.7. The molecule has 0 fully saturated rings. The van der Waals surface area contributed by atoms with Crippen molar-refractivity contribution in [3.63, 3.8) is 0 Å². The van der Waals surface area contributed by atoms with Crippen molar-refractivity contribution in [3.8, 4) is 0 Å². The van der Waals surface area contributed by atoms with E-state index in [2.05, 4.69) is 35.6 Å². The zero-order valence-electron chi connectivity index (χ0n) is 18.2. The molecular weight excluding hydrogens is 410 g/mol. The maximum absolute atomic E-state index is 9.80. The van der Waals surface area contributed by atoms with Crippen molar-refractivity contribution in [2.75, 3.05) is 39.5 Å². The summed E-state index contributed by atoms with van der Waals surface area (Å²) < 4.78 is 7.15. The molecule has 1 aliphatic rings. The molecule has 1 heterocycles. The van der Waals surface area contributed by atoms with Crippen molar-refractivity contribution in [1.82, 2.24) is 5.32 Å². The minimum absolute atomic E-state index is 0.00782. The molecule has 0 radical (unpaired) electrons. The fourth-order valence-corrected chi connectivity index (χ4v) is 5.00. The number of ether oxygens (including phenoxy) is 1. The number of aliphatic hydroxyl groups excluding tert-OH is 3. The molecule has 4 N–H and O–H groups in total. The Hall–Kier alpha value is -1.70. The first kappa shape index (κ1) is 24.0. The Morgan fingerprint density at radius 1 is 1.06 bits per heavy atom.